The fraction of sp³-hybridized carbons (Fsp3) is 0.611. The molecular weight excluding hydrogens is 262 g/mol. The molecule has 0 amide bonds. The number of aromatic carboxylic acids is 1. The van der Waals surface area contributed by atoms with Crippen LogP contribution in [0, 0.1) is 6.92 Å². The number of carboxylic acid groups (broad SMARTS) is 1. The van der Waals surface area contributed by atoms with E-state index in [1.165, 1.54) is 5.56 Å². The molecule has 1 N–H and O–H groups in total. The summed E-state index contributed by atoms with van der Waals surface area (Å²) in [6, 6.07) is 3.92. The molecule has 1 rings (SSSR count). The average molecular weight is 291 g/mol. The molecule has 0 saturated heterocycles. The third-order valence-electron chi connectivity index (χ3n) is 3.97. The minimum Gasteiger partial charge on any atom is -0.478 e. The minimum atomic E-state index is -0.822. The zero-order chi connectivity index (χ0) is 15.8. The number of anilines is 1. The molecule has 0 unspecified atom stereocenters. The van der Waals surface area contributed by atoms with E-state index in [-0.39, 0.29) is 0 Å². The van der Waals surface area contributed by atoms with E-state index < -0.39 is 5.97 Å². The van der Waals surface area contributed by atoms with E-state index in [4.69, 9.17) is 0 Å². The highest BCUT2D eigenvalue weighted by molar-refractivity contribution is 5.95. The third-order valence-corrected chi connectivity index (χ3v) is 3.97. The Labute approximate surface area is 129 Å². The standard InChI is InChI=1S/C18H29NO2/c1-5-8-10-19(11-9-6-2)17-12-14(4)15(7-3)13-16(17)18(20)21/h12-13H,5-11H2,1-4H3,(H,20,21). The van der Waals surface area contributed by atoms with Crippen LogP contribution < -0.4 is 4.90 Å². The lowest BCUT2D eigenvalue weighted by Gasteiger charge is -2.27. The Kier molecular flexibility index (Phi) is 7.27. The maximum Gasteiger partial charge on any atom is 0.337 e. The van der Waals surface area contributed by atoms with Gasteiger partial charge in [-0.15, -0.1) is 0 Å². The molecule has 0 fully saturated rings. The number of nitrogens with zero attached hydrogens (tertiary/aromatic N) is 1. The highest BCUT2D eigenvalue weighted by Gasteiger charge is 2.17. The second kappa shape index (κ2) is 8.71. The van der Waals surface area contributed by atoms with E-state index in [1.807, 2.05) is 6.07 Å². The molecule has 0 heterocycles. The summed E-state index contributed by atoms with van der Waals surface area (Å²) < 4.78 is 0. The summed E-state index contributed by atoms with van der Waals surface area (Å²) in [7, 11) is 0. The van der Waals surface area contributed by atoms with Crippen molar-refractivity contribution in [2.75, 3.05) is 18.0 Å². The van der Waals surface area contributed by atoms with Crippen LogP contribution in [-0.4, -0.2) is 24.2 Å². The monoisotopic (exact) mass is 291 g/mol. The Morgan fingerprint density at radius 3 is 2.10 bits per heavy atom. The summed E-state index contributed by atoms with van der Waals surface area (Å²) in [6.07, 6.45) is 5.30. The van der Waals surface area contributed by atoms with Crippen LogP contribution in [-0.2, 0) is 6.42 Å². The van der Waals surface area contributed by atoms with Crippen LogP contribution in [0.15, 0.2) is 12.1 Å². The number of unbranched alkanes of at least 4 members (excludes halogenated alkanes) is 2. The van der Waals surface area contributed by atoms with Gasteiger partial charge in [0.25, 0.3) is 0 Å². The summed E-state index contributed by atoms with van der Waals surface area (Å²) in [5.74, 6) is -0.822. The number of aryl methyl sites for hydroxylation is 2. The predicted octanol–water partition coefficient (Wildman–Crippen LogP) is 4.66. The van der Waals surface area contributed by atoms with E-state index in [0.29, 0.717) is 5.56 Å². The lowest BCUT2D eigenvalue weighted by molar-refractivity contribution is 0.0697. The molecule has 0 aliphatic carbocycles. The van der Waals surface area contributed by atoms with Crippen LogP contribution in [0.4, 0.5) is 5.69 Å². The van der Waals surface area contributed by atoms with Crippen molar-refractivity contribution < 1.29 is 9.90 Å². The van der Waals surface area contributed by atoms with Crippen molar-refractivity contribution in [2.45, 2.75) is 59.8 Å². The van der Waals surface area contributed by atoms with Gasteiger partial charge in [-0.2, -0.15) is 0 Å². The molecule has 0 radical (unpaired) electrons. The lowest BCUT2D eigenvalue weighted by atomic mass is 10.00. The predicted molar refractivity (Wildman–Crippen MR) is 89.5 cm³/mol. The molecule has 1 aromatic carbocycles. The summed E-state index contributed by atoms with van der Waals surface area (Å²) in [5.41, 5.74) is 3.65. The molecule has 0 atom stereocenters. The first-order valence-corrected chi connectivity index (χ1v) is 8.16. The lowest BCUT2D eigenvalue weighted by Crippen LogP contribution is -2.27. The van der Waals surface area contributed by atoms with Gasteiger partial charge in [-0.1, -0.05) is 33.6 Å². The molecule has 0 saturated carbocycles. The van der Waals surface area contributed by atoms with Crippen LogP contribution in [0.25, 0.3) is 0 Å². The van der Waals surface area contributed by atoms with Gasteiger partial charge in [-0.25, -0.2) is 4.79 Å². The van der Waals surface area contributed by atoms with Gasteiger partial charge in [-0.05, 0) is 49.4 Å². The largest absolute Gasteiger partial charge is 0.478 e. The van der Waals surface area contributed by atoms with Gasteiger partial charge in [0.15, 0.2) is 0 Å². The maximum atomic E-state index is 11.6. The molecule has 3 nitrogen and oxygen atoms in total. The van der Waals surface area contributed by atoms with Gasteiger partial charge in [0.2, 0.25) is 0 Å². The van der Waals surface area contributed by atoms with Crippen LogP contribution in [0.1, 0.15) is 67.9 Å². The van der Waals surface area contributed by atoms with Gasteiger partial charge >= 0.3 is 5.97 Å². The third kappa shape index (κ3) is 4.76. The highest BCUT2D eigenvalue weighted by Crippen LogP contribution is 2.26. The first-order valence-electron chi connectivity index (χ1n) is 8.16. The van der Waals surface area contributed by atoms with Gasteiger partial charge in [0.05, 0.1) is 11.3 Å². The number of hydrogen-bond donors (Lipinski definition) is 1. The number of rotatable bonds is 9. The summed E-state index contributed by atoms with van der Waals surface area (Å²) in [6.45, 7) is 10.3. The Morgan fingerprint density at radius 2 is 1.67 bits per heavy atom. The van der Waals surface area contributed by atoms with Crippen LogP contribution in [0.5, 0.6) is 0 Å². The molecule has 0 aliphatic rings. The summed E-state index contributed by atoms with van der Waals surface area (Å²) >= 11 is 0. The first-order chi connectivity index (χ1) is 10.0. The van der Waals surface area contributed by atoms with Crippen molar-refractivity contribution in [3.05, 3.63) is 28.8 Å². The van der Waals surface area contributed by atoms with Crippen LogP contribution in [0.2, 0.25) is 0 Å². The maximum absolute atomic E-state index is 11.6. The highest BCUT2D eigenvalue weighted by atomic mass is 16.4. The van der Waals surface area contributed by atoms with Crippen molar-refractivity contribution in [3.8, 4) is 0 Å². The van der Waals surface area contributed by atoms with Gasteiger partial charge in [0.1, 0.15) is 0 Å². The van der Waals surface area contributed by atoms with Crippen molar-refractivity contribution in [1.29, 1.82) is 0 Å². The molecule has 1 aromatic rings. The van der Waals surface area contributed by atoms with E-state index >= 15 is 0 Å². The first kappa shape index (κ1) is 17.5. The second-order valence-corrected chi connectivity index (χ2v) is 5.65. The topological polar surface area (TPSA) is 40.5 Å². The average Bonchev–Trinajstić information content (AvgIpc) is 2.47. The fourth-order valence-corrected chi connectivity index (χ4v) is 2.60. The number of carbonyl (C=O) groups is 1. The molecule has 0 aromatic heterocycles. The molecule has 0 spiro atoms. The van der Waals surface area contributed by atoms with Gasteiger partial charge in [0, 0.05) is 13.1 Å². The minimum absolute atomic E-state index is 0.449. The number of hydrogen-bond acceptors (Lipinski definition) is 2. The van der Waals surface area contributed by atoms with Gasteiger partial charge < -0.3 is 10.0 Å². The number of benzene rings is 1. The van der Waals surface area contributed by atoms with Crippen molar-refractivity contribution in [2.24, 2.45) is 0 Å². The van der Waals surface area contributed by atoms with E-state index in [1.54, 1.807) is 0 Å². The molecule has 0 bridgehead atoms. The Bertz CT molecular complexity index is 461. The van der Waals surface area contributed by atoms with Crippen LogP contribution in [0.3, 0.4) is 0 Å². The molecule has 118 valence electrons. The molecule has 3 heteroatoms. The Morgan fingerprint density at radius 1 is 1.10 bits per heavy atom. The van der Waals surface area contributed by atoms with E-state index in [2.05, 4.69) is 38.7 Å². The molecule has 21 heavy (non-hydrogen) atoms. The van der Waals surface area contributed by atoms with Crippen molar-refractivity contribution in [3.63, 3.8) is 0 Å². The SMILES string of the molecule is CCCCN(CCCC)c1cc(C)c(CC)cc1C(=O)O. The molecule has 0 aliphatic heterocycles. The Hall–Kier alpha value is -1.51. The summed E-state index contributed by atoms with van der Waals surface area (Å²) in [5, 5.41) is 9.55. The van der Waals surface area contributed by atoms with Gasteiger partial charge in [-0.3, -0.25) is 0 Å². The van der Waals surface area contributed by atoms with E-state index in [0.717, 1.165) is 56.4 Å². The number of carboxylic acids is 1. The normalized spacial score (nSPS) is 10.7. The summed E-state index contributed by atoms with van der Waals surface area (Å²) in [4.78, 5) is 13.9. The smallest absolute Gasteiger partial charge is 0.337 e. The zero-order valence-corrected chi connectivity index (χ0v) is 13.9. The quantitative estimate of drug-likeness (QED) is 0.719. The second-order valence-electron chi connectivity index (χ2n) is 5.65. The van der Waals surface area contributed by atoms with E-state index in [9.17, 15) is 9.90 Å². The van der Waals surface area contributed by atoms with Crippen LogP contribution >= 0.6 is 0 Å². The van der Waals surface area contributed by atoms with Crippen molar-refractivity contribution >= 4 is 11.7 Å². The van der Waals surface area contributed by atoms with Crippen molar-refractivity contribution in [1.82, 2.24) is 0 Å². The zero-order valence-electron chi connectivity index (χ0n) is 13.9. The Balaban J connectivity index is 3.20. The fourth-order valence-electron chi connectivity index (χ4n) is 2.60. The molecular formula is C18H29NO2.